The van der Waals surface area contributed by atoms with Gasteiger partial charge in [0.2, 0.25) is 5.91 Å². The van der Waals surface area contributed by atoms with Crippen LogP contribution in [0.15, 0.2) is 9.95 Å². The summed E-state index contributed by atoms with van der Waals surface area (Å²) in [6.45, 7) is 6.56. The van der Waals surface area contributed by atoms with E-state index in [9.17, 15) is 9.59 Å². The van der Waals surface area contributed by atoms with Gasteiger partial charge in [0.1, 0.15) is 4.83 Å². The van der Waals surface area contributed by atoms with Gasteiger partial charge in [0, 0.05) is 11.4 Å². The lowest BCUT2D eigenvalue weighted by Crippen LogP contribution is -2.30. The molecule has 0 saturated carbocycles. The molecule has 1 amide bonds. The van der Waals surface area contributed by atoms with Crippen molar-refractivity contribution in [3.05, 3.63) is 20.8 Å². The first-order chi connectivity index (χ1) is 11.0. The van der Waals surface area contributed by atoms with Gasteiger partial charge in [-0.3, -0.25) is 9.59 Å². The van der Waals surface area contributed by atoms with Crippen LogP contribution in [0.5, 0.6) is 0 Å². The van der Waals surface area contributed by atoms with Crippen LogP contribution in [0.4, 0.5) is 0 Å². The summed E-state index contributed by atoms with van der Waals surface area (Å²) in [7, 11) is 0. The Labute approximate surface area is 143 Å². The predicted octanol–water partition coefficient (Wildman–Crippen LogP) is 2.73. The molecule has 2 aromatic rings. The standard InChI is InChI=1S/C16H21N3O2S2/c1-4-17-13(20)9(3)22-16-18-14(21)12-10-6-5-8(2)7-11(10)23-15(12)19-16/h8-9H,4-7H2,1-3H3,(H,17,20)(H,18,19,21)/t8-,9+/m1/s1. The Balaban J connectivity index is 1.93. The van der Waals surface area contributed by atoms with Crippen LogP contribution >= 0.6 is 23.1 Å². The van der Waals surface area contributed by atoms with Crippen molar-refractivity contribution in [1.82, 2.24) is 15.3 Å². The third-order valence-electron chi connectivity index (χ3n) is 4.15. The minimum atomic E-state index is -0.287. The Bertz CT molecular complexity index is 796. The van der Waals surface area contributed by atoms with E-state index in [0.717, 1.165) is 29.5 Å². The zero-order chi connectivity index (χ0) is 16.6. The fourth-order valence-electron chi connectivity index (χ4n) is 2.92. The molecule has 0 aliphatic heterocycles. The number of aromatic nitrogens is 2. The number of amides is 1. The molecule has 0 saturated heterocycles. The number of fused-ring (bicyclic) bond motifs is 3. The number of aromatic amines is 1. The van der Waals surface area contributed by atoms with Gasteiger partial charge in [0.05, 0.1) is 10.6 Å². The van der Waals surface area contributed by atoms with Crippen molar-refractivity contribution in [1.29, 1.82) is 0 Å². The molecule has 2 heterocycles. The molecule has 7 heteroatoms. The normalized spacial score (nSPS) is 18.7. The van der Waals surface area contributed by atoms with E-state index in [4.69, 9.17) is 0 Å². The van der Waals surface area contributed by atoms with Crippen molar-refractivity contribution in [2.75, 3.05) is 6.54 Å². The van der Waals surface area contributed by atoms with Gasteiger partial charge >= 0.3 is 0 Å². The number of nitrogens with one attached hydrogen (secondary N) is 2. The van der Waals surface area contributed by atoms with E-state index in [-0.39, 0.29) is 16.7 Å². The van der Waals surface area contributed by atoms with Crippen LogP contribution in [0.1, 0.15) is 37.6 Å². The van der Waals surface area contributed by atoms with Crippen molar-refractivity contribution >= 4 is 39.2 Å². The number of thiophene rings is 1. The Morgan fingerprint density at radius 1 is 1.57 bits per heavy atom. The number of hydrogen-bond acceptors (Lipinski definition) is 5. The molecule has 0 spiro atoms. The van der Waals surface area contributed by atoms with Crippen LogP contribution in [-0.4, -0.2) is 27.7 Å². The maximum absolute atomic E-state index is 12.5. The van der Waals surface area contributed by atoms with Gasteiger partial charge in [-0.1, -0.05) is 18.7 Å². The van der Waals surface area contributed by atoms with E-state index in [1.807, 2.05) is 13.8 Å². The van der Waals surface area contributed by atoms with Crippen molar-refractivity contribution in [2.24, 2.45) is 5.92 Å². The van der Waals surface area contributed by atoms with Crippen molar-refractivity contribution in [2.45, 2.75) is 50.4 Å². The summed E-state index contributed by atoms with van der Waals surface area (Å²) in [5, 5.41) is 3.78. The fraction of sp³-hybridized carbons (Fsp3) is 0.562. The van der Waals surface area contributed by atoms with Crippen LogP contribution in [0.25, 0.3) is 10.2 Å². The third-order valence-corrected chi connectivity index (χ3v) is 6.28. The molecule has 1 aliphatic rings. The van der Waals surface area contributed by atoms with Crippen molar-refractivity contribution in [3.63, 3.8) is 0 Å². The molecule has 2 atom stereocenters. The van der Waals surface area contributed by atoms with E-state index >= 15 is 0 Å². The van der Waals surface area contributed by atoms with Gasteiger partial charge in [0.15, 0.2) is 5.16 Å². The van der Waals surface area contributed by atoms with Gasteiger partial charge in [-0.15, -0.1) is 11.3 Å². The van der Waals surface area contributed by atoms with E-state index in [1.165, 1.54) is 22.2 Å². The lowest BCUT2D eigenvalue weighted by Gasteiger charge is -2.17. The molecule has 23 heavy (non-hydrogen) atoms. The topological polar surface area (TPSA) is 74.8 Å². The average molecular weight is 351 g/mol. The second-order valence-electron chi connectivity index (χ2n) is 6.06. The smallest absolute Gasteiger partial charge is 0.260 e. The van der Waals surface area contributed by atoms with Gasteiger partial charge in [0.25, 0.3) is 5.56 Å². The fourth-order valence-corrected chi connectivity index (χ4v) is 5.19. The van der Waals surface area contributed by atoms with E-state index in [1.54, 1.807) is 11.3 Å². The van der Waals surface area contributed by atoms with Crippen molar-refractivity contribution < 1.29 is 4.79 Å². The summed E-state index contributed by atoms with van der Waals surface area (Å²) in [6.07, 6.45) is 3.12. The lowest BCUT2D eigenvalue weighted by atomic mass is 9.89. The Morgan fingerprint density at radius 3 is 3.09 bits per heavy atom. The first-order valence-corrected chi connectivity index (χ1v) is 9.68. The molecular formula is C16H21N3O2S2. The van der Waals surface area contributed by atoms with E-state index in [2.05, 4.69) is 22.2 Å². The van der Waals surface area contributed by atoms with Gasteiger partial charge in [-0.2, -0.15) is 0 Å². The number of H-pyrrole nitrogens is 1. The van der Waals surface area contributed by atoms with Crippen molar-refractivity contribution in [3.8, 4) is 0 Å². The van der Waals surface area contributed by atoms with Gasteiger partial charge in [-0.05, 0) is 44.6 Å². The van der Waals surface area contributed by atoms with E-state index < -0.39 is 0 Å². The van der Waals surface area contributed by atoms with Gasteiger partial charge < -0.3 is 10.3 Å². The minimum Gasteiger partial charge on any atom is -0.355 e. The number of thioether (sulfide) groups is 1. The molecular weight excluding hydrogens is 330 g/mol. The predicted molar refractivity (Wildman–Crippen MR) is 95.4 cm³/mol. The number of rotatable bonds is 4. The molecule has 0 bridgehead atoms. The number of carbonyl (C=O) groups is 1. The van der Waals surface area contributed by atoms with Crippen LogP contribution < -0.4 is 10.9 Å². The molecule has 0 fully saturated rings. The summed E-state index contributed by atoms with van der Waals surface area (Å²) < 4.78 is 0. The maximum atomic E-state index is 12.5. The highest BCUT2D eigenvalue weighted by Crippen LogP contribution is 2.36. The average Bonchev–Trinajstić information content (AvgIpc) is 2.84. The first-order valence-electron chi connectivity index (χ1n) is 7.98. The van der Waals surface area contributed by atoms with Crippen LogP contribution in [-0.2, 0) is 17.6 Å². The van der Waals surface area contributed by atoms with Crippen LogP contribution in [0.2, 0.25) is 0 Å². The SMILES string of the molecule is CCNC(=O)[C@H](C)Sc1nc2sc3c(c2c(=O)[nH]1)CC[C@@H](C)C3. The van der Waals surface area contributed by atoms with E-state index in [0.29, 0.717) is 17.6 Å². The molecule has 0 radical (unpaired) electrons. The van der Waals surface area contributed by atoms with Crippen LogP contribution in [0.3, 0.4) is 0 Å². The lowest BCUT2D eigenvalue weighted by molar-refractivity contribution is -0.120. The highest BCUT2D eigenvalue weighted by molar-refractivity contribution is 8.00. The number of nitrogens with zero attached hydrogens (tertiary/aromatic N) is 1. The molecule has 0 aromatic carbocycles. The molecule has 124 valence electrons. The molecule has 2 aromatic heterocycles. The Morgan fingerprint density at radius 2 is 2.35 bits per heavy atom. The molecule has 2 N–H and O–H groups in total. The second-order valence-corrected chi connectivity index (χ2v) is 8.47. The molecule has 1 aliphatic carbocycles. The second kappa shape index (κ2) is 6.65. The zero-order valence-electron chi connectivity index (χ0n) is 13.6. The first kappa shape index (κ1) is 16.5. The third kappa shape index (κ3) is 3.30. The molecule has 5 nitrogen and oxygen atoms in total. The molecule has 3 rings (SSSR count). The zero-order valence-corrected chi connectivity index (χ0v) is 15.2. The maximum Gasteiger partial charge on any atom is 0.260 e. The molecule has 0 unspecified atom stereocenters. The summed E-state index contributed by atoms with van der Waals surface area (Å²) in [5.41, 5.74) is 1.11. The Kier molecular flexibility index (Phi) is 4.77. The summed E-state index contributed by atoms with van der Waals surface area (Å²) in [4.78, 5) is 33.9. The Hall–Kier alpha value is -1.34. The largest absolute Gasteiger partial charge is 0.355 e. The highest BCUT2D eigenvalue weighted by atomic mass is 32.2. The summed E-state index contributed by atoms with van der Waals surface area (Å²) >= 11 is 2.93. The summed E-state index contributed by atoms with van der Waals surface area (Å²) in [5.74, 6) is 0.626. The number of carbonyl (C=O) groups excluding carboxylic acids is 1. The highest BCUT2D eigenvalue weighted by Gasteiger charge is 2.23. The minimum absolute atomic E-state index is 0.0421. The van der Waals surface area contributed by atoms with Gasteiger partial charge in [-0.25, -0.2) is 4.98 Å². The monoisotopic (exact) mass is 351 g/mol. The summed E-state index contributed by atoms with van der Waals surface area (Å²) in [6, 6.07) is 0. The number of hydrogen-bond donors (Lipinski definition) is 2. The van der Waals surface area contributed by atoms with Crippen LogP contribution in [0, 0.1) is 5.92 Å². The number of aryl methyl sites for hydroxylation is 1. The quantitative estimate of drug-likeness (QED) is 0.656.